The summed E-state index contributed by atoms with van der Waals surface area (Å²) in [7, 11) is 0. The summed E-state index contributed by atoms with van der Waals surface area (Å²) < 4.78 is 5.20. The van der Waals surface area contributed by atoms with Crippen molar-refractivity contribution in [3.8, 4) is 5.75 Å². The summed E-state index contributed by atoms with van der Waals surface area (Å²) in [4.78, 5) is 40.4. The molecule has 0 aliphatic heterocycles. The molecule has 0 saturated carbocycles. The lowest BCUT2D eigenvalue weighted by molar-refractivity contribution is -0.145. The van der Waals surface area contributed by atoms with E-state index in [-0.39, 0.29) is 17.4 Å². The smallest absolute Gasteiger partial charge is 0.408 e. The van der Waals surface area contributed by atoms with E-state index in [1.807, 2.05) is 13.8 Å². The van der Waals surface area contributed by atoms with Gasteiger partial charge in [-0.1, -0.05) is 31.5 Å². The molecule has 33 heavy (non-hydrogen) atoms. The molecule has 0 aliphatic rings. The third-order valence-corrected chi connectivity index (χ3v) is 4.85. The van der Waals surface area contributed by atoms with Crippen molar-refractivity contribution in [3.05, 3.63) is 29.8 Å². The van der Waals surface area contributed by atoms with Gasteiger partial charge in [-0.05, 0) is 54.0 Å². The van der Waals surface area contributed by atoms with E-state index >= 15 is 0 Å². The fourth-order valence-electron chi connectivity index (χ4n) is 3.46. The van der Waals surface area contributed by atoms with Crippen LogP contribution >= 0.6 is 0 Å². The molecule has 3 atom stereocenters. The zero-order valence-corrected chi connectivity index (χ0v) is 20.7. The first-order valence-corrected chi connectivity index (χ1v) is 11.3. The zero-order valence-electron chi connectivity index (χ0n) is 20.7. The van der Waals surface area contributed by atoms with Crippen LogP contribution in [0.25, 0.3) is 0 Å². The minimum atomic E-state index is -1.34. The highest BCUT2D eigenvalue weighted by Crippen LogP contribution is 2.31. The number of amides is 3. The maximum atomic E-state index is 13.5. The molecule has 9 heteroatoms. The molecule has 186 valence electrons. The number of nitrogens with zero attached hydrogens (tertiary/aromatic N) is 1. The highest BCUT2D eigenvalue weighted by atomic mass is 16.6. The van der Waals surface area contributed by atoms with Gasteiger partial charge in [0.15, 0.2) is 0 Å². The molecule has 0 fully saturated rings. The maximum Gasteiger partial charge on any atom is 0.408 e. The number of nitrogens with one attached hydrogen (secondary N) is 2. The molecule has 0 bridgehead atoms. The van der Waals surface area contributed by atoms with Crippen LogP contribution in [-0.4, -0.2) is 63.4 Å². The summed E-state index contributed by atoms with van der Waals surface area (Å²) in [5.74, 6) is -1.28. The van der Waals surface area contributed by atoms with Crippen molar-refractivity contribution >= 4 is 17.9 Å². The number of phenols is 1. The molecule has 0 heterocycles. The fraction of sp³-hybridized carbons (Fsp3) is 0.625. The minimum absolute atomic E-state index is 0.139. The number of aliphatic hydroxyl groups excluding tert-OH is 1. The van der Waals surface area contributed by atoms with Gasteiger partial charge in [0.1, 0.15) is 23.4 Å². The number of carbonyl (C=O) groups excluding carboxylic acids is 3. The molecule has 0 aromatic heterocycles. The number of hydrogen-bond acceptors (Lipinski definition) is 6. The molecule has 3 unspecified atom stereocenters. The van der Waals surface area contributed by atoms with Crippen LogP contribution in [-0.2, 0) is 14.3 Å². The Hall–Kier alpha value is -2.81. The maximum absolute atomic E-state index is 13.5. The summed E-state index contributed by atoms with van der Waals surface area (Å²) in [6.07, 6.45) is 0.745. The average Bonchev–Trinajstić information content (AvgIpc) is 2.68. The van der Waals surface area contributed by atoms with Gasteiger partial charge >= 0.3 is 6.09 Å². The molecule has 9 nitrogen and oxygen atoms in total. The Bertz CT molecular complexity index is 806. The number of hydrogen-bond donors (Lipinski definition) is 4. The van der Waals surface area contributed by atoms with Gasteiger partial charge < -0.3 is 30.5 Å². The Balaban J connectivity index is 3.37. The fourth-order valence-corrected chi connectivity index (χ4v) is 3.46. The molecule has 4 N–H and O–H groups in total. The van der Waals surface area contributed by atoms with E-state index in [9.17, 15) is 24.6 Å². The monoisotopic (exact) mass is 465 g/mol. The van der Waals surface area contributed by atoms with Gasteiger partial charge in [0.2, 0.25) is 11.8 Å². The van der Waals surface area contributed by atoms with Crippen molar-refractivity contribution in [2.24, 2.45) is 0 Å². The number of rotatable bonds is 10. The SMILES string of the molecule is CCCC(C)NC(=O)C(c1ccccc1O)N(C(=O)C(CO)NC(=O)OC(C)(C)C)C(C)C. The quantitative estimate of drug-likeness (QED) is 0.421. The standard InChI is InChI=1S/C24H39N3O6/c1-8-11-16(4)25-21(30)20(17-12-9-10-13-19(17)29)27(15(2)3)22(31)18(14-28)26-23(32)33-24(5,6)7/h9-10,12-13,15-16,18,20,28-29H,8,11,14H2,1-7H3,(H,25,30)(H,26,32). The van der Waals surface area contributed by atoms with E-state index in [0.717, 1.165) is 12.8 Å². The van der Waals surface area contributed by atoms with E-state index in [4.69, 9.17) is 4.74 Å². The van der Waals surface area contributed by atoms with Crippen molar-refractivity contribution < 1.29 is 29.3 Å². The Labute approximate surface area is 196 Å². The van der Waals surface area contributed by atoms with Gasteiger partial charge in [-0.25, -0.2) is 4.79 Å². The Morgan fingerprint density at radius 1 is 1.09 bits per heavy atom. The third-order valence-electron chi connectivity index (χ3n) is 4.85. The zero-order chi connectivity index (χ0) is 25.3. The Kier molecular flexibility index (Phi) is 10.6. The van der Waals surface area contributed by atoms with Crippen LogP contribution in [0.3, 0.4) is 0 Å². The number of aromatic hydroxyl groups is 1. The summed E-state index contributed by atoms with van der Waals surface area (Å²) in [6, 6.07) is 3.14. The summed E-state index contributed by atoms with van der Waals surface area (Å²) in [5, 5.41) is 25.6. The van der Waals surface area contributed by atoms with Crippen LogP contribution in [0.5, 0.6) is 5.75 Å². The largest absolute Gasteiger partial charge is 0.508 e. The van der Waals surface area contributed by atoms with E-state index in [1.54, 1.807) is 52.8 Å². The second kappa shape index (κ2) is 12.4. The van der Waals surface area contributed by atoms with Crippen molar-refractivity contribution in [1.29, 1.82) is 0 Å². The molecule has 1 aromatic rings. The highest BCUT2D eigenvalue weighted by Gasteiger charge is 2.38. The lowest BCUT2D eigenvalue weighted by Gasteiger charge is -2.37. The van der Waals surface area contributed by atoms with Crippen molar-refractivity contribution in [3.63, 3.8) is 0 Å². The number of carbonyl (C=O) groups is 3. The topological polar surface area (TPSA) is 128 Å². The first-order valence-electron chi connectivity index (χ1n) is 11.3. The van der Waals surface area contributed by atoms with Gasteiger partial charge in [-0.2, -0.15) is 0 Å². The van der Waals surface area contributed by atoms with Crippen molar-refractivity contribution in [2.75, 3.05) is 6.61 Å². The number of phenolic OH excluding ortho intramolecular Hbond substituents is 1. The minimum Gasteiger partial charge on any atom is -0.508 e. The van der Waals surface area contributed by atoms with Crippen LogP contribution in [0.1, 0.15) is 72.9 Å². The predicted molar refractivity (Wildman–Crippen MR) is 126 cm³/mol. The first-order chi connectivity index (χ1) is 15.3. The molecule has 3 amide bonds. The van der Waals surface area contributed by atoms with Gasteiger partial charge in [0, 0.05) is 17.6 Å². The van der Waals surface area contributed by atoms with Crippen LogP contribution in [0, 0.1) is 0 Å². The third kappa shape index (κ3) is 8.57. The lowest BCUT2D eigenvalue weighted by atomic mass is 9.99. The predicted octanol–water partition coefficient (Wildman–Crippen LogP) is 2.86. The van der Waals surface area contributed by atoms with Crippen LogP contribution < -0.4 is 10.6 Å². The summed E-state index contributed by atoms with van der Waals surface area (Å²) in [6.45, 7) is 11.6. The van der Waals surface area contributed by atoms with E-state index < -0.39 is 48.2 Å². The van der Waals surface area contributed by atoms with Gasteiger partial charge in [-0.15, -0.1) is 0 Å². The van der Waals surface area contributed by atoms with Gasteiger partial charge in [0.25, 0.3) is 0 Å². The second-order valence-corrected chi connectivity index (χ2v) is 9.38. The van der Waals surface area contributed by atoms with E-state index in [2.05, 4.69) is 10.6 Å². The second-order valence-electron chi connectivity index (χ2n) is 9.38. The van der Waals surface area contributed by atoms with E-state index in [1.165, 1.54) is 11.0 Å². The lowest BCUT2D eigenvalue weighted by Crippen LogP contribution is -2.56. The number of ether oxygens (including phenoxy) is 1. The van der Waals surface area contributed by atoms with Gasteiger partial charge in [0.05, 0.1) is 6.61 Å². The van der Waals surface area contributed by atoms with Crippen molar-refractivity contribution in [1.82, 2.24) is 15.5 Å². The number of alkyl carbamates (subject to hydrolysis) is 1. The molecular weight excluding hydrogens is 426 g/mol. The summed E-state index contributed by atoms with van der Waals surface area (Å²) >= 11 is 0. The van der Waals surface area contributed by atoms with Gasteiger partial charge in [-0.3, -0.25) is 9.59 Å². The molecule has 0 spiro atoms. The number of benzene rings is 1. The molecule has 0 aliphatic carbocycles. The molecule has 1 aromatic carbocycles. The van der Waals surface area contributed by atoms with Crippen LogP contribution in [0.2, 0.25) is 0 Å². The van der Waals surface area contributed by atoms with Crippen LogP contribution in [0.15, 0.2) is 24.3 Å². The molecule has 0 radical (unpaired) electrons. The van der Waals surface area contributed by atoms with Crippen LogP contribution in [0.4, 0.5) is 4.79 Å². The average molecular weight is 466 g/mol. The molecule has 1 rings (SSSR count). The Morgan fingerprint density at radius 3 is 2.18 bits per heavy atom. The Morgan fingerprint density at radius 2 is 1.70 bits per heavy atom. The highest BCUT2D eigenvalue weighted by molar-refractivity contribution is 5.92. The molecule has 0 saturated heterocycles. The van der Waals surface area contributed by atoms with Crippen molar-refractivity contribution in [2.45, 2.75) is 91.1 Å². The first kappa shape index (κ1) is 28.2. The summed E-state index contributed by atoms with van der Waals surface area (Å²) in [5.41, 5.74) is -0.548. The number of aliphatic hydroxyl groups is 1. The van der Waals surface area contributed by atoms with E-state index in [0.29, 0.717) is 0 Å². The number of para-hydroxylation sites is 1. The normalized spacial score (nSPS) is 14.2. The molecular formula is C24H39N3O6.